The Balaban J connectivity index is 1.60. The summed E-state index contributed by atoms with van der Waals surface area (Å²) >= 11 is 0. The van der Waals surface area contributed by atoms with Crippen LogP contribution in [0.5, 0.6) is 0 Å². The van der Waals surface area contributed by atoms with Crippen LogP contribution in [-0.2, 0) is 13.0 Å². The van der Waals surface area contributed by atoms with Crippen molar-refractivity contribution >= 4 is 5.96 Å². The van der Waals surface area contributed by atoms with Crippen molar-refractivity contribution < 1.29 is 4.42 Å². The fourth-order valence-corrected chi connectivity index (χ4v) is 3.79. The fraction of sp³-hybridized carbons (Fsp3) is 0.522. The molecule has 1 aromatic heterocycles. The molecule has 1 aliphatic heterocycles. The van der Waals surface area contributed by atoms with Gasteiger partial charge in [0.1, 0.15) is 5.76 Å². The predicted molar refractivity (Wildman–Crippen MR) is 115 cm³/mol. The SMILES string of the molecule is CCN(CC)CC1CCN(C(=NCc2ccccc2)NCCc2ccco2)C1. The number of hydrogen-bond acceptors (Lipinski definition) is 3. The van der Waals surface area contributed by atoms with Crippen LogP contribution in [0.2, 0.25) is 0 Å². The number of furan rings is 1. The third-order valence-electron chi connectivity index (χ3n) is 5.49. The Bertz CT molecular complexity index is 695. The molecule has 1 atom stereocenters. The van der Waals surface area contributed by atoms with Crippen LogP contribution in [0.4, 0.5) is 0 Å². The van der Waals surface area contributed by atoms with E-state index in [1.54, 1.807) is 6.26 Å². The molecule has 0 spiro atoms. The van der Waals surface area contributed by atoms with Crippen LogP contribution in [-0.4, -0.2) is 55.0 Å². The Labute approximate surface area is 169 Å². The van der Waals surface area contributed by atoms with Crippen molar-refractivity contribution in [3.05, 3.63) is 60.1 Å². The molecule has 3 rings (SSSR count). The van der Waals surface area contributed by atoms with Crippen LogP contribution in [0.1, 0.15) is 31.6 Å². The van der Waals surface area contributed by atoms with Crippen molar-refractivity contribution in [3.8, 4) is 0 Å². The van der Waals surface area contributed by atoms with E-state index in [4.69, 9.17) is 9.41 Å². The first kappa shape index (κ1) is 20.5. The summed E-state index contributed by atoms with van der Waals surface area (Å²) in [5.41, 5.74) is 1.24. The standard InChI is InChI=1S/C23H34N4O/c1-3-26(4-2)18-21-13-15-27(19-21)23(24-14-12-22-11-8-16-28-22)25-17-20-9-6-5-7-10-20/h5-11,16,21H,3-4,12-15,17-19H2,1-2H3,(H,24,25). The highest BCUT2D eigenvalue weighted by Crippen LogP contribution is 2.18. The maximum atomic E-state index is 5.46. The van der Waals surface area contributed by atoms with Crippen molar-refractivity contribution in [2.45, 2.75) is 33.2 Å². The van der Waals surface area contributed by atoms with Crippen molar-refractivity contribution in [2.75, 3.05) is 39.3 Å². The van der Waals surface area contributed by atoms with Crippen LogP contribution < -0.4 is 5.32 Å². The lowest BCUT2D eigenvalue weighted by atomic mass is 10.1. The highest BCUT2D eigenvalue weighted by molar-refractivity contribution is 5.80. The van der Waals surface area contributed by atoms with Gasteiger partial charge in [-0.05, 0) is 43.1 Å². The van der Waals surface area contributed by atoms with Crippen LogP contribution in [0.3, 0.4) is 0 Å². The number of rotatable bonds is 9. The van der Waals surface area contributed by atoms with E-state index < -0.39 is 0 Å². The van der Waals surface area contributed by atoms with Gasteiger partial charge in [-0.15, -0.1) is 0 Å². The second-order valence-electron chi connectivity index (χ2n) is 7.47. The van der Waals surface area contributed by atoms with Gasteiger partial charge in [-0.3, -0.25) is 0 Å². The fourth-order valence-electron chi connectivity index (χ4n) is 3.79. The summed E-state index contributed by atoms with van der Waals surface area (Å²) in [6, 6.07) is 14.4. The van der Waals surface area contributed by atoms with Crippen LogP contribution >= 0.6 is 0 Å². The lowest BCUT2D eigenvalue weighted by Crippen LogP contribution is -2.41. The van der Waals surface area contributed by atoms with E-state index in [2.05, 4.69) is 53.2 Å². The number of likely N-dealkylation sites (tertiary alicyclic amines) is 1. The Kier molecular flexibility index (Phi) is 7.97. The maximum Gasteiger partial charge on any atom is 0.194 e. The van der Waals surface area contributed by atoms with Gasteiger partial charge in [0.25, 0.3) is 0 Å². The molecule has 28 heavy (non-hydrogen) atoms. The zero-order valence-electron chi connectivity index (χ0n) is 17.3. The lowest BCUT2D eigenvalue weighted by Gasteiger charge is -2.24. The average Bonchev–Trinajstić information content (AvgIpc) is 3.41. The number of aliphatic imine (C=N–C) groups is 1. The summed E-state index contributed by atoms with van der Waals surface area (Å²) in [6.45, 7) is 11.6. The average molecular weight is 383 g/mol. The molecule has 2 aromatic rings. The normalized spacial score (nSPS) is 17.5. The monoisotopic (exact) mass is 382 g/mol. The molecule has 2 heterocycles. The van der Waals surface area contributed by atoms with Crippen molar-refractivity contribution in [1.29, 1.82) is 0 Å². The zero-order valence-corrected chi connectivity index (χ0v) is 17.3. The Morgan fingerprint density at radius 3 is 2.71 bits per heavy atom. The van der Waals surface area contributed by atoms with Crippen LogP contribution in [0.25, 0.3) is 0 Å². The van der Waals surface area contributed by atoms with E-state index >= 15 is 0 Å². The molecule has 1 fully saturated rings. The van der Waals surface area contributed by atoms with Gasteiger partial charge < -0.3 is 19.5 Å². The van der Waals surface area contributed by atoms with E-state index in [0.29, 0.717) is 12.5 Å². The second kappa shape index (κ2) is 10.9. The molecule has 1 aromatic carbocycles. The van der Waals surface area contributed by atoms with Crippen LogP contribution in [0, 0.1) is 5.92 Å². The second-order valence-corrected chi connectivity index (χ2v) is 7.47. The van der Waals surface area contributed by atoms with Crippen molar-refractivity contribution in [2.24, 2.45) is 10.9 Å². The van der Waals surface area contributed by atoms with E-state index in [-0.39, 0.29) is 0 Å². The Hall–Kier alpha value is -2.27. The summed E-state index contributed by atoms with van der Waals surface area (Å²) in [7, 11) is 0. The first-order valence-electron chi connectivity index (χ1n) is 10.6. The molecular formula is C23H34N4O. The van der Waals surface area contributed by atoms with Gasteiger partial charge in [0.2, 0.25) is 0 Å². The van der Waals surface area contributed by atoms with Gasteiger partial charge in [0, 0.05) is 32.6 Å². The highest BCUT2D eigenvalue weighted by atomic mass is 16.3. The summed E-state index contributed by atoms with van der Waals surface area (Å²) < 4.78 is 5.46. The van der Waals surface area contributed by atoms with E-state index in [9.17, 15) is 0 Å². The van der Waals surface area contributed by atoms with Crippen molar-refractivity contribution in [1.82, 2.24) is 15.1 Å². The molecule has 0 aliphatic carbocycles. The van der Waals surface area contributed by atoms with E-state index in [1.165, 1.54) is 18.5 Å². The molecule has 152 valence electrons. The number of benzene rings is 1. The molecule has 0 bridgehead atoms. The minimum Gasteiger partial charge on any atom is -0.469 e. The molecule has 0 amide bonds. The number of hydrogen-bond donors (Lipinski definition) is 1. The smallest absolute Gasteiger partial charge is 0.194 e. The first-order valence-corrected chi connectivity index (χ1v) is 10.6. The van der Waals surface area contributed by atoms with Gasteiger partial charge in [0.05, 0.1) is 12.8 Å². The highest BCUT2D eigenvalue weighted by Gasteiger charge is 2.26. The summed E-state index contributed by atoms with van der Waals surface area (Å²) in [4.78, 5) is 9.89. The van der Waals surface area contributed by atoms with Gasteiger partial charge in [-0.25, -0.2) is 4.99 Å². The molecule has 1 saturated heterocycles. The third kappa shape index (κ3) is 6.13. The number of nitrogens with one attached hydrogen (secondary N) is 1. The maximum absolute atomic E-state index is 5.46. The molecule has 0 radical (unpaired) electrons. The molecule has 5 nitrogen and oxygen atoms in total. The summed E-state index contributed by atoms with van der Waals surface area (Å²) in [5, 5.41) is 3.57. The van der Waals surface area contributed by atoms with Gasteiger partial charge in [0.15, 0.2) is 5.96 Å². The van der Waals surface area contributed by atoms with E-state index in [0.717, 1.165) is 50.9 Å². The topological polar surface area (TPSA) is 44.0 Å². The van der Waals surface area contributed by atoms with Crippen LogP contribution in [0.15, 0.2) is 58.1 Å². The van der Waals surface area contributed by atoms with E-state index in [1.807, 2.05) is 18.2 Å². The zero-order chi connectivity index (χ0) is 19.6. The molecular weight excluding hydrogens is 348 g/mol. The first-order chi connectivity index (χ1) is 13.8. The molecule has 1 N–H and O–H groups in total. The summed E-state index contributed by atoms with van der Waals surface area (Å²) in [6.07, 6.45) is 3.84. The van der Waals surface area contributed by atoms with Gasteiger partial charge in [-0.1, -0.05) is 44.2 Å². The number of guanidine groups is 1. The largest absolute Gasteiger partial charge is 0.469 e. The molecule has 5 heteroatoms. The Morgan fingerprint density at radius 1 is 1.18 bits per heavy atom. The predicted octanol–water partition coefficient (Wildman–Crippen LogP) is 3.63. The Morgan fingerprint density at radius 2 is 2.00 bits per heavy atom. The van der Waals surface area contributed by atoms with Gasteiger partial charge >= 0.3 is 0 Å². The quantitative estimate of drug-likeness (QED) is 0.531. The van der Waals surface area contributed by atoms with Crippen molar-refractivity contribution in [3.63, 3.8) is 0 Å². The van der Waals surface area contributed by atoms with Gasteiger partial charge in [-0.2, -0.15) is 0 Å². The molecule has 1 aliphatic rings. The minimum atomic E-state index is 0.709. The third-order valence-corrected chi connectivity index (χ3v) is 5.49. The number of nitrogens with zero attached hydrogens (tertiary/aromatic N) is 3. The molecule has 1 unspecified atom stereocenters. The lowest BCUT2D eigenvalue weighted by molar-refractivity contribution is 0.255. The summed E-state index contributed by atoms with van der Waals surface area (Å²) in [5.74, 6) is 2.75. The minimum absolute atomic E-state index is 0.709. The molecule has 0 saturated carbocycles.